The normalized spacial score (nSPS) is 8.42. The zero-order valence-electron chi connectivity index (χ0n) is 7.03. The molecule has 0 aliphatic carbocycles. The number of nitriles is 1. The van der Waals surface area contributed by atoms with Gasteiger partial charge in [-0.1, -0.05) is 0 Å². The number of amides is 1. The molecule has 12 heavy (non-hydrogen) atoms. The molecule has 0 saturated carbocycles. The molecule has 0 heterocycles. The predicted octanol–water partition coefficient (Wildman–Crippen LogP) is -0.121. The molecule has 0 aromatic carbocycles. The van der Waals surface area contributed by atoms with Gasteiger partial charge >= 0.3 is 5.97 Å². The molecule has 0 radical (unpaired) electrons. The maximum absolute atomic E-state index is 10.7. The summed E-state index contributed by atoms with van der Waals surface area (Å²) >= 11 is 0. The highest BCUT2D eigenvalue weighted by Gasteiger charge is 2.12. The summed E-state index contributed by atoms with van der Waals surface area (Å²) in [5, 5.41) is 8.36. The van der Waals surface area contributed by atoms with Gasteiger partial charge in [0, 0.05) is 6.92 Å². The zero-order chi connectivity index (χ0) is 9.56. The maximum Gasteiger partial charge on any atom is 0.326 e. The van der Waals surface area contributed by atoms with Gasteiger partial charge in [-0.25, -0.2) is 4.90 Å². The Morgan fingerprint density at radius 3 is 2.50 bits per heavy atom. The molecular weight excluding hydrogens is 160 g/mol. The predicted molar refractivity (Wildman–Crippen MR) is 39.6 cm³/mol. The number of esters is 1. The number of ether oxygens (including phenoxy) is 1. The molecular formula is C7H10N2O3. The second-order valence-corrected chi connectivity index (χ2v) is 2.01. The summed E-state index contributed by atoms with van der Waals surface area (Å²) in [6.07, 6.45) is 1.57. The Balaban J connectivity index is 3.97. The van der Waals surface area contributed by atoms with E-state index < -0.39 is 11.9 Å². The third kappa shape index (κ3) is 3.56. The van der Waals surface area contributed by atoms with Gasteiger partial charge in [-0.3, -0.25) is 9.59 Å². The van der Waals surface area contributed by atoms with Crippen LogP contribution in [0.15, 0.2) is 0 Å². The molecule has 0 fully saturated rings. The van der Waals surface area contributed by atoms with Crippen LogP contribution < -0.4 is 0 Å². The first-order valence-corrected chi connectivity index (χ1v) is 3.45. The number of rotatable bonds is 3. The van der Waals surface area contributed by atoms with Gasteiger partial charge in [0.1, 0.15) is 6.54 Å². The molecule has 0 N–H and O–H groups in total. The van der Waals surface area contributed by atoms with Crippen LogP contribution in [0.5, 0.6) is 0 Å². The molecule has 0 bridgehead atoms. The molecule has 0 aliphatic rings. The summed E-state index contributed by atoms with van der Waals surface area (Å²) in [6.45, 7) is 2.81. The van der Waals surface area contributed by atoms with Crippen LogP contribution in [0.3, 0.4) is 0 Å². The Morgan fingerprint density at radius 2 is 2.17 bits per heavy atom. The summed E-state index contributed by atoms with van der Waals surface area (Å²) in [7, 11) is 0. The topological polar surface area (TPSA) is 70.4 Å². The Bertz CT molecular complexity index is 219. The van der Waals surface area contributed by atoms with E-state index in [9.17, 15) is 9.59 Å². The summed E-state index contributed by atoms with van der Waals surface area (Å²) in [5.74, 6) is -1.04. The molecule has 0 atom stereocenters. The van der Waals surface area contributed by atoms with Gasteiger partial charge in [0.2, 0.25) is 5.91 Å². The molecule has 1 amide bonds. The standard InChI is InChI=1S/C7H10N2O3/c1-3-12-7(11)4-9(5-8)6(2)10/h3-4H2,1-2H3. The van der Waals surface area contributed by atoms with E-state index in [0.717, 1.165) is 4.90 Å². The zero-order valence-corrected chi connectivity index (χ0v) is 7.03. The highest BCUT2D eigenvalue weighted by atomic mass is 16.5. The minimum absolute atomic E-state index is 0.246. The van der Waals surface area contributed by atoms with Crippen LogP contribution in [0, 0.1) is 11.5 Å². The van der Waals surface area contributed by atoms with E-state index >= 15 is 0 Å². The Labute approximate surface area is 70.5 Å². The van der Waals surface area contributed by atoms with Crippen LogP contribution in [0.1, 0.15) is 13.8 Å². The van der Waals surface area contributed by atoms with Gasteiger partial charge in [0.15, 0.2) is 6.19 Å². The van der Waals surface area contributed by atoms with Crippen molar-refractivity contribution >= 4 is 11.9 Å². The highest BCUT2D eigenvalue weighted by Crippen LogP contribution is 1.88. The molecule has 0 unspecified atom stereocenters. The van der Waals surface area contributed by atoms with E-state index in [-0.39, 0.29) is 13.2 Å². The van der Waals surface area contributed by atoms with Crippen LogP contribution in [-0.2, 0) is 14.3 Å². The lowest BCUT2D eigenvalue weighted by molar-refractivity contribution is -0.146. The molecule has 0 saturated heterocycles. The molecule has 0 aromatic heterocycles. The minimum Gasteiger partial charge on any atom is -0.465 e. The molecule has 0 aliphatic heterocycles. The lowest BCUT2D eigenvalue weighted by Crippen LogP contribution is -2.30. The van der Waals surface area contributed by atoms with Crippen LogP contribution in [-0.4, -0.2) is 29.9 Å². The first-order valence-electron chi connectivity index (χ1n) is 3.45. The van der Waals surface area contributed by atoms with Crippen LogP contribution in [0.4, 0.5) is 0 Å². The summed E-state index contributed by atoms with van der Waals surface area (Å²) in [4.78, 5) is 22.1. The van der Waals surface area contributed by atoms with Crippen molar-refractivity contribution in [1.29, 1.82) is 5.26 Å². The molecule has 0 aromatic rings. The van der Waals surface area contributed by atoms with E-state index in [4.69, 9.17) is 5.26 Å². The Kier molecular flexibility index (Phi) is 4.46. The number of carbonyl (C=O) groups excluding carboxylic acids is 2. The van der Waals surface area contributed by atoms with Crippen molar-refractivity contribution in [2.45, 2.75) is 13.8 Å². The second kappa shape index (κ2) is 5.13. The third-order valence-electron chi connectivity index (χ3n) is 1.09. The summed E-state index contributed by atoms with van der Waals surface area (Å²) < 4.78 is 4.54. The van der Waals surface area contributed by atoms with E-state index in [0.29, 0.717) is 0 Å². The lowest BCUT2D eigenvalue weighted by atomic mass is 10.5. The first-order chi connectivity index (χ1) is 5.61. The largest absolute Gasteiger partial charge is 0.465 e. The van der Waals surface area contributed by atoms with Crippen LogP contribution >= 0.6 is 0 Å². The van der Waals surface area contributed by atoms with Crippen LogP contribution in [0.25, 0.3) is 0 Å². The van der Waals surface area contributed by atoms with Gasteiger partial charge in [-0.2, -0.15) is 5.26 Å². The van der Waals surface area contributed by atoms with E-state index in [2.05, 4.69) is 4.74 Å². The quantitative estimate of drug-likeness (QED) is 0.336. The van der Waals surface area contributed by atoms with Crippen molar-refractivity contribution in [2.24, 2.45) is 0 Å². The van der Waals surface area contributed by atoms with E-state index in [1.54, 1.807) is 13.1 Å². The fourth-order valence-corrected chi connectivity index (χ4v) is 0.553. The van der Waals surface area contributed by atoms with Crippen molar-refractivity contribution in [2.75, 3.05) is 13.2 Å². The van der Waals surface area contributed by atoms with Crippen LogP contribution in [0.2, 0.25) is 0 Å². The fraction of sp³-hybridized carbons (Fsp3) is 0.571. The van der Waals surface area contributed by atoms with Crippen molar-refractivity contribution in [3.63, 3.8) is 0 Å². The third-order valence-corrected chi connectivity index (χ3v) is 1.09. The summed E-state index contributed by atoms with van der Waals surface area (Å²) in [6, 6.07) is 0. The monoisotopic (exact) mass is 170 g/mol. The number of nitrogens with zero attached hydrogens (tertiary/aromatic N) is 2. The van der Waals surface area contributed by atoms with Gasteiger partial charge in [0.25, 0.3) is 0 Å². The molecule has 5 nitrogen and oxygen atoms in total. The molecule has 0 rings (SSSR count). The average molecular weight is 170 g/mol. The highest BCUT2D eigenvalue weighted by molar-refractivity contribution is 5.81. The molecule has 5 heteroatoms. The van der Waals surface area contributed by atoms with Crippen molar-refractivity contribution in [3.8, 4) is 6.19 Å². The average Bonchev–Trinajstić information content (AvgIpc) is 2.00. The second-order valence-electron chi connectivity index (χ2n) is 2.01. The number of hydrogen-bond acceptors (Lipinski definition) is 4. The smallest absolute Gasteiger partial charge is 0.326 e. The van der Waals surface area contributed by atoms with Crippen molar-refractivity contribution in [3.05, 3.63) is 0 Å². The summed E-state index contributed by atoms with van der Waals surface area (Å²) in [5.41, 5.74) is 0. The number of hydrogen-bond donors (Lipinski definition) is 0. The molecule has 0 spiro atoms. The SMILES string of the molecule is CCOC(=O)CN(C#N)C(C)=O. The maximum atomic E-state index is 10.7. The lowest BCUT2D eigenvalue weighted by Gasteiger charge is -2.08. The van der Waals surface area contributed by atoms with Crippen molar-refractivity contribution < 1.29 is 14.3 Å². The minimum atomic E-state index is -0.575. The van der Waals surface area contributed by atoms with Crippen molar-refractivity contribution in [1.82, 2.24) is 4.90 Å². The van der Waals surface area contributed by atoms with Gasteiger partial charge < -0.3 is 4.74 Å². The van der Waals surface area contributed by atoms with E-state index in [1.807, 2.05) is 0 Å². The molecule has 66 valence electrons. The Morgan fingerprint density at radius 1 is 1.58 bits per heavy atom. The van der Waals surface area contributed by atoms with Gasteiger partial charge in [-0.05, 0) is 6.92 Å². The van der Waals surface area contributed by atoms with Gasteiger partial charge in [-0.15, -0.1) is 0 Å². The van der Waals surface area contributed by atoms with E-state index in [1.165, 1.54) is 6.92 Å². The van der Waals surface area contributed by atoms with Gasteiger partial charge in [0.05, 0.1) is 6.61 Å². The number of carbonyl (C=O) groups is 2. The Hall–Kier alpha value is -1.57. The first kappa shape index (κ1) is 10.4. The fourth-order valence-electron chi connectivity index (χ4n) is 0.553.